The molecule has 1 aromatic heterocycles. The van der Waals surface area contributed by atoms with Crippen LogP contribution >= 0.6 is 12.2 Å². The maximum atomic E-state index is 15.4. The first kappa shape index (κ1) is 44.8. The highest BCUT2D eigenvalue weighted by Crippen LogP contribution is 2.40. The highest BCUT2D eigenvalue weighted by Gasteiger charge is 2.51. The third kappa shape index (κ3) is 9.55. The predicted octanol–water partition coefficient (Wildman–Crippen LogP) is 7.27. The summed E-state index contributed by atoms with van der Waals surface area (Å²) in [6, 6.07) is 20.3. The Bertz CT molecular complexity index is 2660. The van der Waals surface area contributed by atoms with Gasteiger partial charge in [0, 0.05) is 70.0 Å². The van der Waals surface area contributed by atoms with E-state index < -0.39 is 40.4 Å². The minimum Gasteiger partial charge on any atom is -0.383 e. The van der Waals surface area contributed by atoms with Gasteiger partial charge >= 0.3 is 6.18 Å². The lowest BCUT2D eigenvalue weighted by atomic mass is 10.0. The number of piperazine rings is 1. The van der Waals surface area contributed by atoms with Gasteiger partial charge in [-0.1, -0.05) is 24.3 Å². The maximum Gasteiger partial charge on any atom is 0.417 e. The van der Waals surface area contributed by atoms with E-state index in [0.717, 1.165) is 23.9 Å². The zero-order valence-corrected chi connectivity index (χ0v) is 35.2. The van der Waals surface area contributed by atoms with Crippen molar-refractivity contribution in [2.75, 3.05) is 67.6 Å². The molecule has 63 heavy (non-hydrogen) atoms. The van der Waals surface area contributed by atoms with Gasteiger partial charge in [-0.15, -0.1) is 0 Å². The van der Waals surface area contributed by atoms with Gasteiger partial charge in [-0.25, -0.2) is 13.9 Å². The molecule has 2 aliphatic rings. The number of nitrogens with one attached hydrogen (secondary N) is 2. The summed E-state index contributed by atoms with van der Waals surface area (Å²) < 4.78 is 77.2. The number of alkyl halides is 3. The molecule has 0 unspecified atom stereocenters. The molecule has 0 aliphatic carbocycles. The first-order chi connectivity index (χ1) is 30.1. The Labute approximate surface area is 364 Å². The molecule has 7 rings (SSSR count). The molecule has 18 heteroatoms. The molecular weight excluding hydrogens is 844 g/mol. The van der Waals surface area contributed by atoms with Gasteiger partial charge in [-0.2, -0.15) is 23.5 Å². The zero-order valence-electron chi connectivity index (χ0n) is 34.4. The number of ether oxygens (including phenoxy) is 1. The van der Waals surface area contributed by atoms with E-state index in [9.17, 15) is 37.2 Å². The molecule has 2 fully saturated rings. The number of benzene rings is 4. The fourth-order valence-corrected chi connectivity index (χ4v) is 8.35. The number of carbonyl (C=O) groups is 2. The number of amides is 2. The second-order valence-electron chi connectivity index (χ2n) is 15.7. The molecule has 12 nitrogen and oxygen atoms in total. The Morgan fingerprint density at radius 2 is 1.63 bits per heavy atom. The lowest BCUT2D eigenvalue weighted by Gasteiger charge is -2.34. The van der Waals surface area contributed by atoms with Crippen molar-refractivity contribution in [1.82, 2.24) is 20.0 Å². The van der Waals surface area contributed by atoms with Crippen molar-refractivity contribution in [3.05, 3.63) is 129 Å². The van der Waals surface area contributed by atoms with Crippen LogP contribution in [0.15, 0.2) is 83.7 Å². The van der Waals surface area contributed by atoms with Crippen LogP contribution in [-0.2, 0) is 22.1 Å². The molecule has 0 bridgehead atoms. The number of nitrogens with zero attached hydrogens (tertiary/aromatic N) is 6. The topological polar surface area (TPSA) is 138 Å². The highest BCUT2D eigenvalue weighted by molar-refractivity contribution is 7.81. The van der Waals surface area contributed by atoms with Crippen LogP contribution in [0.25, 0.3) is 10.8 Å². The summed E-state index contributed by atoms with van der Waals surface area (Å²) in [7, 11) is 0. The van der Waals surface area contributed by atoms with Crippen molar-refractivity contribution in [2.45, 2.75) is 44.8 Å². The minimum atomic E-state index is -4.84. The lowest BCUT2D eigenvalue weighted by Crippen LogP contribution is -2.49. The van der Waals surface area contributed by atoms with Crippen molar-refractivity contribution in [1.29, 1.82) is 5.26 Å². The second kappa shape index (κ2) is 18.6. The van der Waals surface area contributed by atoms with Crippen LogP contribution in [0.1, 0.15) is 59.4 Å². The third-order valence-electron chi connectivity index (χ3n) is 11.2. The molecule has 2 amide bonds. The smallest absolute Gasteiger partial charge is 0.383 e. The quantitative estimate of drug-likeness (QED) is 0.0666. The normalized spacial score (nSPS) is 15.6. The van der Waals surface area contributed by atoms with Gasteiger partial charge in [0.15, 0.2) is 5.11 Å². The Hall–Kier alpha value is -6.29. The van der Waals surface area contributed by atoms with E-state index in [4.69, 9.17) is 17.0 Å². The summed E-state index contributed by atoms with van der Waals surface area (Å²) in [5.74, 6) is -2.21. The lowest BCUT2D eigenvalue weighted by molar-refractivity contribution is -0.137. The molecule has 2 aliphatic heterocycles. The monoisotopic (exact) mass is 886 g/mol. The molecule has 0 spiro atoms. The van der Waals surface area contributed by atoms with Gasteiger partial charge in [0.25, 0.3) is 17.4 Å². The highest BCUT2D eigenvalue weighted by atomic mass is 32.1. The molecule has 2 saturated heterocycles. The van der Waals surface area contributed by atoms with Crippen LogP contribution in [0.4, 0.5) is 39.0 Å². The van der Waals surface area contributed by atoms with Crippen molar-refractivity contribution in [3.63, 3.8) is 0 Å². The molecule has 5 aromatic rings. The van der Waals surface area contributed by atoms with Crippen LogP contribution in [0.2, 0.25) is 0 Å². The summed E-state index contributed by atoms with van der Waals surface area (Å²) >= 11 is 5.55. The second-order valence-corrected chi connectivity index (χ2v) is 16.1. The first-order valence-electron chi connectivity index (χ1n) is 20.3. The number of rotatable bonds is 14. The minimum absolute atomic E-state index is 0.00445. The Morgan fingerprint density at radius 3 is 2.35 bits per heavy atom. The SMILES string of the molecule is CC1(C)C(=O)N(c2ccc(C#N)c(C(F)(F)F)c2)C(=S)N1c1ccc(NCCCOCCCN2CCN(C(=O)c3cc(Cc4n[nH]c(=O)c5ccccc45)ccc3F)CC2)c(F)c1. The van der Waals surface area contributed by atoms with E-state index >= 15 is 4.39 Å². The Morgan fingerprint density at radius 1 is 0.921 bits per heavy atom. The maximum absolute atomic E-state index is 15.4. The summed E-state index contributed by atoms with van der Waals surface area (Å²) in [6.07, 6.45) is -3.20. The summed E-state index contributed by atoms with van der Waals surface area (Å²) in [5, 5.41) is 20.0. The fourth-order valence-electron chi connectivity index (χ4n) is 7.83. The molecule has 0 atom stereocenters. The van der Waals surface area contributed by atoms with E-state index in [0.29, 0.717) is 86.9 Å². The number of fused-ring (bicyclic) bond motifs is 1. The van der Waals surface area contributed by atoms with Gasteiger partial charge in [-0.05, 0) is 99.1 Å². The third-order valence-corrected chi connectivity index (χ3v) is 11.5. The van der Waals surface area contributed by atoms with E-state index in [1.54, 1.807) is 35.2 Å². The average molecular weight is 887 g/mol. The van der Waals surface area contributed by atoms with E-state index in [1.807, 2.05) is 12.1 Å². The van der Waals surface area contributed by atoms with Crippen molar-refractivity contribution < 1.29 is 36.3 Å². The van der Waals surface area contributed by atoms with Gasteiger partial charge in [-0.3, -0.25) is 24.2 Å². The molecule has 3 heterocycles. The number of carbonyl (C=O) groups excluding carboxylic acids is 2. The number of thiocarbonyl (C=S) groups is 1. The zero-order chi connectivity index (χ0) is 45.1. The summed E-state index contributed by atoms with van der Waals surface area (Å²) in [6.45, 7) is 7.30. The molecular formula is C45H43F5N8O4S. The van der Waals surface area contributed by atoms with Crippen LogP contribution in [0, 0.1) is 23.0 Å². The molecule has 2 N–H and O–H groups in total. The number of hydrogen-bond donors (Lipinski definition) is 2. The predicted molar refractivity (Wildman–Crippen MR) is 232 cm³/mol. The molecule has 0 radical (unpaired) electrons. The van der Waals surface area contributed by atoms with Crippen LogP contribution in [0.3, 0.4) is 0 Å². The number of aromatic nitrogens is 2. The van der Waals surface area contributed by atoms with Gasteiger partial charge < -0.3 is 19.9 Å². The van der Waals surface area contributed by atoms with Crippen LogP contribution in [-0.4, -0.2) is 94.9 Å². The fraction of sp³-hybridized carbons (Fsp3) is 0.333. The first-order valence-corrected chi connectivity index (χ1v) is 20.7. The number of hydrogen-bond acceptors (Lipinski definition) is 9. The number of nitriles is 1. The van der Waals surface area contributed by atoms with Crippen molar-refractivity contribution in [3.8, 4) is 6.07 Å². The number of H-pyrrole nitrogens is 1. The average Bonchev–Trinajstić information content (AvgIpc) is 3.44. The standard InChI is InChI=1S/C45H43F5N8O4S/c1-44(2)42(61)57(30-11-10-29(27-51)35(25-30)45(48,49)50)43(63)58(44)31-12-14-38(37(47)26-31)52-15-5-21-62-22-6-16-55-17-19-56(20-18-55)41(60)34-23-28(9-13-36(34)46)24-39-32-7-3-4-8-33(32)40(59)54-53-39/h3-4,7-14,23,25-26,52H,5-6,15-22,24H2,1-2H3,(H,54,59). The molecule has 0 saturated carbocycles. The molecule has 4 aromatic carbocycles. The van der Waals surface area contributed by atoms with Crippen LogP contribution < -0.4 is 20.7 Å². The summed E-state index contributed by atoms with van der Waals surface area (Å²) in [5.41, 5.74) is -1.86. The largest absolute Gasteiger partial charge is 0.417 e. The summed E-state index contributed by atoms with van der Waals surface area (Å²) in [4.78, 5) is 45.3. The van der Waals surface area contributed by atoms with E-state index in [1.165, 1.54) is 49.1 Å². The van der Waals surface area contributed by atoms with Crippen molar-refractivity contribution >= 4 is 57.0 Å². The van der Waals surface area contributed by atoms with Gasteiger partial charge in [0.2, 0.25) is 0 Å². The van der Waals surface area contributed by atoms with Gasteiger partial charge in [0.05, 0.1) is 45.2 Å². The van der Waals surface area contributed by atoms with E-state index in [-0.39, 0.29) is 39.2 Å². The Kier molecular flexibility index (Phi) is 13.2. The number of aromatic amines is 1. The Balaban J connectivity index is 0.827. The molecule has 328 valence electrons. The van der Waals surface area contributed by atoms with Crippen LogP contribution in [0.5, 0.6) is 0 Å². The van der Waals surface area contributed by atoms with Gasteiger partial charge in [0.1, 0.15) is 17.2 Å². The number of halogens is 5. The number of anilines is 3. The van der Waals surface area contributed by atoms with E-state index in [2.05, 4.69) is 20.4 Å². The van der Waals surface area contributed by atoms with Crippen molar-refractivity contribution in [2.24, 2.45) is 0 Å².